The summed E-state index contributed by atoms with van der Waals surface area (Å²) in [6, 6.07) is 65.3. The second-order valence-corrected chi connectivity index (χ2v) is 28.0. The largest absolute Gasteiger partial charge is 0.310 e. The van der Waals surface area contributed by atoms with E-state index in [2.05, 4.69) is 248 Å². The van der Waals surface area contributed by atoms with E-state index in [4.69, 9.17) is 0 Å². The predicted molar refractivity (Wildman–Crippen MR) is 294 cm³/mol. The summed E-state index contributed by atoms with van der Waals surface area (Å²) < 4.78 is 0. The van der Waals surface area contributed by atoms with Crippen LogP contribution in [0.15, 0.2) is 198 Å². The Morgan fingerprint density at radius 2 is 1.03 bits per heavy atom. The van der Waals surface area contributed by atoms with Crippen molar-refractivity contribution in [3.05, 3.63) is 233 Å². The van der Waals surface area contributed by atoms with E-state index in [1.165, 1.54) is 114 Å². The normalized spacial score (nSPS) is 19.4. The van der Waals surface area contributed by atoms with E-state index in [0.717, 1.165) is 0 Å². The molecule has 2 spiro atoms. The van der Waals surface area contributed by atoms with Gasteiger partial charge in [0.15, 0.2) is 8.07 Å². The summed E-state index contributed by atoms with van der Waals surface area (Å²) in [5.41, 5.74) is 19.8. The van der Waals surface area contributed by atoms with Gasteiger partial charge in [0, 0.05) is 21.4 Å². The molecule has 0 aromatic heterocycles. The lowest BCUT2D eigenvalue weighted by molar-refractivity contribution is 0.394. The van der Waals surface area contributed by atoms with E-state index < -0.39 is 13.5 Å². The van der Waals surface area contributed by atoms with Crippen LogP contribution in [-0.4, -0.2) is 8.07 Å². The van der Waals surface area contributed by atoms with E-state index in [9.17, 15) is 0 Å². The molecule has 8 aromatic carbocycles. The Balaban J connectivity index is 1.13. The fraction of sp³-hybridized carbons (Fsp3) is 0.212. The topological polar surface area (TPSA) is 3.24 Å². The highest BCUT2D eigenvalue weighted by Crippen LogP contribution is 2.67. The predicted octanol–water partition coefficient (Wildman–Crippen LogP) is 14.4. The molecule has 0 bridgehead atoms. The Morgan fingerprint density at radius 3 is 1.62 bits per heavy atom. The molecule has 0 fully saturated rings. The summed E-state index contributed by atoms with van der Waals surface area (Å²) in [6.07, 6.45) is 9.55. The summed E-state index contributed by atoms with van der Waals surface area (Å²) in [7, 11) is -2.73. The first-order valence-electron chi connectivity index (χ1n) is 25.1. The zero-order valence-electron chi connectivity index (χ0n) is 40.9. The second kappa shape index (κ2) is 13.9. The Labute approximate surface area is 413 Å². The van der Waals surface area contributed by atoms with Gasteiger partial charge in [0.05, 0.1) is 16.8 Å². The molecule has 14 rings (SSSR count). The van der Waals surface area contributed by atoms with Crippen molar-refractivity contribution in [2.24, 2.45) is 5.92 Å². The maximum Gasteiger partial charge on any atom is 0.182 e. The van der Waals surface area contributed by atoms with Gasteiger partial charge in [-0.05, 0) is 140 Å². The molecule has 2 atom stereocenters. The number of allylic oxidation sites excluding steroid dienone is 4. The Hall–Kier alpha value is -6.39. The molecule has 2 aliphatic carbocycles. The summed E-state index contributed by atoms with van der Waals surface area (Å²) in [4.78, 5) is 5.44. The number of benzene rings is 8. The summed E-state index contributed by atoms with van der Waals surface area (Å²) >= 11 is 1.96. The monoisotopic (exact) mass is 923 g/mol. The summed E-state index contributed by atoms with van der Waals surface area (Å²) in [5.74, 6) is 0.649. The number of hydrogen-bond acceptors (Lipinski definition) is 2. The van der Waals surface area contributed by atoms with Crippen molar-refractivity contribution in [1.29, 1.82) is 0 Å². The van der Waals surface area contributed by atoms with Gasteiger partial charge in [-0.15, -0.1) is 0 Å². The lowest BCUT2D eigenvalue weighted by Gasteiger charge is -2.51. The van der Waals surface area contributed by atoms with Crippen molar-refractivity contribution in [2.45, 2.75) is 92.8 Å². The van der Waals surface area contributed by atoms with Crippen molar-refractivity contribution in [1.82, 2.24) is 0 Å². The zero-order valence-corrected chi connectivity index (χ0v) is 42.7. The molecule has 0 saturated carbocycles. The maximum absolute atomic E-state index is 2.75. The molecule has 8 aromatic rings. The number of rotatable bonds is 1. The van der Waals surface area contributed by atoms with E-state index in [0.29, 0.717) is 11.8 Å². The number of para-hydroxylation sites is 1. The van der Waals surface area contributed by atoms with Gasteiger partial charge < -0.3 is 4.90 Å². The molecule has 1 nitrogen and oxygen atoms in total. The highest BCUT2D eigenvalue weighted by Gasteiger charge is 2.57. The molecule has 69 heavy (non-hydrogen) atoms. The summed E-state index contributed by atoms with van der Waals surface area (Å²) in [5, 5.41) is 6.03. The second-order valence-electron chi connectivity index (χ2n) is 23.2. The van der Waals surface area contributed by atoms with Crippen molar-refractivity contribution >= 4 is 57.6 Å². The van der Waals surface area contributed by atoms with Crippen LogP contribution in [0.4, 0.5) is 17.1 Å². The number of hydrogen-bond donors (Lipinski definition) is 0. The molecule has 2 unspecified atom stereocenters. The van der Waals surface area contributed by atoms with Gasteiger partial charge in [0.2, 0.25) is 0 Å². The molecule has 0 N–H and O–H groups in total. The first-order chi connectivity index (χ1) is 33.2. The quantitative estimate of drug-likeness (QED) is 0.151. The first-order valence-corrected chi connectivity index (χ1v) is 27.9. The molecule has 0 amide bonds. The lowest BCUT2D eigenvalue weighted by Crippen LogP contribution is -2.70. The minimum Gasteiger partial charge on any atom is -0.310 e. The van der Waals surface area contributed by atoms with Crippen LogP contribution < -0.4 is 25.6 Å². The lowest BCUT2D eigenvalue weighted by atomic mass is 9.60. The molecule has 3 heteroatoms. The molecular formula is C66H57NSSi. The van der Waals surface area contributed by atoms with Crippen LogP contribution in [0.25, 0.3) is 22.3 Å². The SMILES string of the molecule is CC(C)(C)c1ccc2c(c1)C1(c3cc(C(C)(C)C)ccc3S2)c2ccccc2N(c2ccc3c(c2)[Si]2(c4ccccc4-c4ccccc42)c2ccccc2-3)c2c1ccc1c2C(C)(C)C2C=CC=CC12. The Kier molecular flexibility index (Phi) is 8.37. The van der Waals surface area contributed by atoms with Crippen LogP contribution in [0.5, 0.6) is 0 Å². The third kappa shape index (κ3) is 5.23. The highest BCUT2D eigenvalue weighted by molar-refractivity contribution is 7.99. The van der Waals surface area contributed by atoms with Gasteiger partial charge in [0.25, 0.3) is 0 Å². The molecule has 4 heterocycles. The van der Waals surface area contributed by atoms with E-state index >= 15 is 0 Å². The zero-order chi connectivity index (χ0) is 47.0. The molecule has 4 aliphatic heterocycles. The highest BCUT2D eigenvalue weighted by atomic mass is 32.2. The number of fused-ring (bicyclic) bond motifs is 22. The maximum atomic E-state index is 2.75. The average molecular weight is 924 g/mol. The summed E-state index contributed by atoms with van der Waals surface area (Å²) in [6.45, 7) is 19.3. The molecule has 336 valence electrons. The van der Waals surface area contributed by atoms with Crippen LogP contribution in [0.1, 0.15) is 106 Å². The minimum atomic E-state index is -2.73. The van der Waals surface area contributed by atoms with Gasteiger partial charge in [-0.2, -0.15) is 0 Å². The molecular weight excluding hydrogens is 867 g/mol. The van der Waals surface area contributed by atoms with Crippen molar-refractivity contribution in [3.8, 4) is 22.3 Å². The first kappa shape index (κ1) is 41.6. The van der Waals surface area contributed by atoms with Crippen molar-refractivity contribution in [2.75, 3.05) is 4.90 Å². The van der Waals surface area contributed by atoms with E-state index in [1.807, 2.05) is 11.8 Å². The van der Waals surface area contributed by atoms with Gasteiger partial charge >= 0.3 is 0 Å². The van der Waals surface area contributed by atoms with Crippen LogP contribution in [0.2, 0.25) is 0 Å². The third-order valence-corrected chi connectivity index (χ3v) is 23.4. The fourth-order valence-corrected chi connectivity index (χ4v) is 21.0. The molecule has 6 aliphatic rings. The molecule has 0 saturated heterocycles. The standard InChI is InChI=1S/C66H57NSSi/c1-63(2,3)40-29-35-55-52(37-40)66(53-38-41(64(4,5)6)30-36-56(53)68-55)50-24-14-15-25-54(50)67(62-51(66)34-33-48-43-19-9-13-23-49(43)65(7,8)61(48)62)42-31-32-47-46-22-12-18-28-59(46)69(60(47)39-42)57-26-16-10-20-44(57)45-21-11-17-27-58(45)69/h9-39,43,49H,1-8H3. The van der Waals surface area contributed by atoms with Crippen LogP contribution in [0, 0.1) is 5.92 Å². The van der Waals surface area contributed by atoms with Crippen molar-refractivity contribution in [3.63, 3.8) is 0 Å². The van der Waals surface area contributed by atoms with Crippen LogP contribution in [0.3, 0.4) is 0 Å². The van der Waals surface area contributed by atoms with Crippen LogP contribution in [-0.2, 0) is 21.7 Å². The smallest absolute Gasteiger partial charge is 0.182 e. The van der Waals surface area contributed by atoms with Crippen LogP contribution >= 0.6 is 11.8 Å². The van der Waals surface area contributed by atoms with Gasteiger partial charge in [-0.25, -0.2) is 0 Å². The van der Waals surface area contributed by atoms with E-state index in [-0.39, 0.29) is 16.2 Å². The fourth-order valence-electron chi connectivity index (χ4n) is 14.2. The average Bonchev–Trinajstić information content (AvgIpc) is 3.91. The minimum absolute atomic E-state index is 0.0366. The third-order valence-electron chi connectivity index (χ3n) is 17.3. The van der Waals surface area contributed by atoms with Gasteiger partial charge in [-0.3, -0.25) is 0 Å². The van der Waals surface area contributed by atoms with E-state index in [1.54, 1.807) is 0 Å². The number of nitrogens with zero attached hydrogens (tertiary/aromatic N) is 1. The Bertz CT molecular complexity index is 3500. The van der Waals surface area contributed by atoms with Gasteiger partial charge in [-0.1, -0.05) is 225 Å². The number of anilines is 3. The van der Waals surface area contributed by atoms with Gasteiger partial charge in [0.1, 0.15) is 0 Å². The Morgan fingerprint density at radius 1 is 0.493 bits per heavy atom. The molecule has 0 radical (unpaired) electrons. The van der Waals surface area contributed by atoms with Crippen molar-refractivity contribution < 1.29 is 0 Å².